The number of alkyl halides is 3. The number of rotatable bonds is 6. The Morgan fingerprint density at radius 3 is 2.10 bits per heavy atom. The van der Waals surface area contributed by atoms with Crippen LogP contribution in [-0.4, -0.2) is 43.6 Å². The number of nitrogens with zero attached hydrogens (tertiary/aromatic N) is 1. The van der Waals surface area contributed by atoms with Gasteiger partial charge >= 0.3 is 6.18 Å². The van der Waals surface area contributed by atoms with E-state index in [1.54, 1.807) is 24.3 Å². The van der Waals surface area contributed by atoms with Gasteiger partial charge in [0.2, 0.25) is 6.23 Å². The topological polar surface area (TPSA) is 70.8 Å². The third kappa shape index (κ3) is 4.39. The first-order chi connectivity index (χ1) is 9.72. The molecule has 0 aliphatic heterocycles. The van der Waals surface area contributed by atoms with E-state index in [2.05, 4.69) is 5.32 Å². The molecule has 120 valence electrons. The Kier molecular flexibility index (Phi) is 6.11. The maximum absolute atomic E-state index is 12.6. The molecule has 8 heteroatoms. The highest BCUT2D eigenvalue weighted by atomic mass is 19.4. The number of ether oxygens (including phenoxy) is 1. The predicted molar refractivity (Wildman–Crippen MR) is 72.0 cm³/mol. The highest BCUT2D eigenvalue weighted by molar-refractivity contribution is 5.26. The predicted octanol–water partition coefficient (Wildman–Crippen LogP) is 1.32. The highest BCUT2D eigenvalue weighted by Crippen LogP contribution is 2.28. The average molecular weight is 307 g/mol. The fourth-order valence-corrected chi connectivity index (χ4v) is 1.98. The summed E-state index contributed by atoms with van der Waals surface area (Å²) in [5.41, 5.74) is 6.95. The second-order valence-corrected chi connectivity index (χ2v) is 4.59. The van der Waals surface area contributed by atoms with Crippen molar-refractivity contribution < 1.29 is 23.0 Å². The third-order valence-corrected chi connectivity index (χ3v) is 3.19. The van der Waals surface area contributed by atoms with Crippen molar-refractivity contribution >= 4 is 0 Å². The quantitative estimate of drug-likeness (QED) is 0.692. The molecule has 3 unspecified atom stereocenters. The van der Waals surface area contributed by atoms with Crippen LogP contribution < -0.4 is 11.1 Å². The lowest BCUT2D eigenvalue weighted by atomic mass is 10.1. The van der Waals surface area contributed by atoms with Crippen LogP contribution in [0, 0.1) is 0 Å². The molecule has 1 rings (SSSR count). The first-order valence-electron chi connectivity index (χ1n) is 6.24. The number of methoxy groups -OCH3 is 1. The fourth-order valence-electron chi connectivity index (χ4n) is 1.98. The van der Waals surface area contributed by atoms with Crippen molar-refractivity contribution in [3.63, 3.8) is 0 Å². The Labute approximate surface area is 121 Å². The number of halogens is 3. The second-order valence-electron chi connectivity index (χ2n) is 4.59. The van der Waals surface area contributed by atoms with Gasteiger partial charge in [0.15, 0.2) is 0 Å². The molecule has 0 aliphatic rings. The minimum atomic E-state index is -4.72. The lowest BCUT2D eigenvalue weighted by Gasteiger charge is -2.33. The number of benzene rings is 1. The van der Waals surface area contributed by atoms with Crippen molar-refractivity contribution in [3.05, 3.63) is 35.4 Å². The summed E-state index contributed by atoms with van der Waals surface area (Å²) in [6.45, 7) is 0. The number of hydrogen-bond donors (Lipinski definition) is 3. The summed E-state index contributed by atoms with van der Waals surface area (Å²) in [6, 6.07) is 6.60. The lowest BCUT2D eigenvalue weighted by Crippen LogP contribution is -2.48. The standard InChI is InChI=1S/C13H20F3N3O2/c1-18-11(19(2)12(20)13(14,15)16)9-6-4-8(5-7-9)10(17)21-3/h4-7,10-12,18,20H,17H2,1-3H3. The van der Waals surface area contributed by atoms with Crippen LogP contribution in [0.3, 0.4) is 0 Å². The highest BCUT2D eigenvalue weighted by Gasteiger charge is 2.43. The van der Waals surface area contributed by atoms with Crippen molar-refractivity contribution in [2.24, 2.45) is 5.73 Å². The van der Waals surface area contributed by atoms with E-state index >= 15 is 0 Å². The molecule has 21 heavy (non-hydrogen) atoms. The number of hydrogen-bond acceptors (Lipinski definition) is 5. The number of nitrogens with two attached hydrogens (primary N) is 1. The smallest absolute Gasteiger partial charge is 0.370 e. The second kappa shape index (κ2) is 7.19. The Morgan fingerprint density at radius 1 is 1.24 bits per heavy atom. The van der Waals surface area contributed by atoms with Crippen molar-refractivity contribution in [2.45, 2.75) is 24.8 Å². The number of nitrogens with one attached hydrogen (secondary N) is 1. The normalized spacial score (nSPS) is 16.8. The van der Waals surface area contributed by atoms with Gasteiger partial charge in [-0.25, -0.2) is 0 Å². The largest absolute Gasteiger partial charge is 0.428 e. The zero-order valence-electron chi connectivity index (χ0n) is 12.1. The van der Waals surface area contributed by atoms with Crippen LogP contribution >= 0.6 is 0 Å². The SMILES string of the molecule is CNC(c1ccc(C(N)OC)cc1)N(C)C(O)C(F)(F)F. The lowest BCUT2D eigenvalue weighted by molar-refractivity contribution is -0.253. The van der Waals surface area contributed by atoms with Crippen LogP contribution in [0.15, 0.2) is 24.3 Å². The summed E-state index contributed by atoms with van der Waals surface area (Å²) in [5.74, 6) is 0. The molecule has 3 atom stereocenters. The Hall–Kier alpha value is -1.19. The van der Waals surface area contributed by atoms with Gasteiger partial charge in [0.05, 0.1) is 6.17 Å². The Morgan fingerprint density at radius 2 is 1.71 bits per heavy atom. The molecule has 0 heterocycles. The van der Waals surface area contributed by atoms with Gasteiger partial charge in [-0.05, 0) is 25.2 Å². The van der Waals surface area contributed by atoms with Gasteiger partial charge in [-0.15, -0.1) is 0 Å². The first kappa shape index (κ1) is 17.9. The van der Waals surface area contributed by atoms with E-state index in [0.29, 0.717) is 11.1 Å². The molecule has 0 amide bonds. The Balaban J connectivity index is 2.95. The summed E-state index contributed by atoms with van der Waals surface area (Å²) in [7, 11) is 4.16. The van der Waals surface area contributed by atoms with E-state index < -0.39 is 24.8 Å². The minimum Gasteiger partial charge on any atom is -0.370 e. The molecule has 5 nitrogen and oxygen atoms in total. The molecule has 0 saturated carbocycles. The van der Waals surface area contributed by atoms with Crippen LogP contribution in [-0.2, 0) is 4.74 Å². The summed E-state index contributed by atoms with van der Waals surface area (Å²) in [6.07, 6.45) is -8.67. The zero-order valence-corrected chi connectivity index (χ0v) is 12.1. The van der Waals surface area contributed by atoms with Crippen molar-refractivity contribution in [1.82, 2.24) is 10.2 Å². The monoisotopic (exact) mass is 307 g/mol. The zero-order chi connectivity index (χ0) is 16.2. The third-order valence-electron chi connectivity index (χ3n) is 3.19. The van der Waals surface area contributed by atoms with E-state index in [1.807, 2.05) is 0 Å². The maximum atomic E-state index is 12.6. The fraction of sp³-hybridized carbons (Fsp3) is 0.538. The molecule has 1 aromatic carbocycles. The average Bonchev–Trinajstić information content (AvgIpc) is 2.46. The first-order valence-corrected chi connectivity index (χ1v) is 6.24. The molecule has 0 bridgehead atoms. The minimum absolute atomic E-state index is 0.565. The molecule has 0 radical (unpaired) electrons. The molecular weight excluding hydrogens is 287 g/mol. The maximum Gasteiger partial charge on any atom is 0.428 e. The van der Waals surface area contributed by atoms with Crippen molar-refractivity contribution in [1.29, 1.82) is 0 Å². The molecule has 0 fully saturated rings. The molecule has 1 aromatic rings. The Bertz CT molecular complexity index is 439. The van der Waals surface area contributed by atoms with Crippen molar-refractivity contribution in [3.8, 4) is 0 Å². The molecule has 0 spiro atoms. The van der Waals surface area contributed by atoms with E-state index in [1.165, 1.54) is 21.2 Å². The van der Waals surface area contributed by atoms with Crippen LogP contribution in [0.4, 0.5) is 13.2 Å². The van der Waals surface area contributed by atoms with Crippen LogP contribution in [0.5, 0.6) is 0 Å². The van der Waals surface area contributed by atoms with Gasteiger partial charge in [0, 0.05) is 7.11 Å². The van der Waals surface area contributed by atoms with E-state index in [4.69, 9.17) is 10.5 Å². The van der Waals surface area contributed by atoms with Crippen LogP contribution in [0.1, 0.15) is 23.5 Å². The summed E-state index contributed by atoms with van der Waals surface area (Å²) < 4.78 is 42.7. The van der Waals surface area contributed by atoms with E-state index in [9.17, 15) is 18.3 Å². The van der Waals surface area contributed by atoms with Gasteiger partial charge in [0.1, 0.15) is 6.23 Å². The van der Waals surface area contributed by atoms with Crippen molar-refractivity contribution in [2.75, 3.05) is 21.2 Å². The van der Waals surface area contributed by atoms with Crippen LogP contribution in [0.25, 0.3) is 0 Å². The van der Waals surface area contributed by atoms with E-state index in [0.717, 1.165) is 4.90 Å². The molecule has 0 saturated heterocycles. The van der Waals surface area contributed by atoms with Gasteiger partial charge in [-0.2, -0.15) is 13.2 Å². The molecule has 0 aliphatic carbocycles. The van der Waals surface area contributed by atoms with Gasteiger partial charge in [-0.1, -0.05) is 24.3 Å². The van der Waals surface area contributed by atoms with Gasteiger partial charge < -0.3 is 20.9 Å². The van der Waals surface area contributed by atoms with Gasteiger partial charge in [0.25, 0.3) is 0 Å². The number of aliphatic hydroxyl groups excluding tert-OH is 1. The summed E-state index contributed by atoms with van der Waals surface area (Å²) in [4.78, 5) is 0.797. The van der Waals surface area contributed by atoms with E-state index in [-0.39, 0.29) is 0 Å². The van der Waals surface area contributed by atoms with Gasteiger partial charge in [-0.3, -0.25) is 4.90 Å². The van der Waals surface area contributed by atoms with Crippen LogP contribution in [0.2, 0.25) is 0 Å². The molecule has 0 aromatic heterocycles. The molecular formula is C13H20F3N3O2. The number of aliphatic hydroxyl groups is 1. The summed E-state index contributed by atoms with van der Waals surface area (Å²) in [5, 5.41) is 12.1. The summed E-state index contributed by atoms with van der Waals surface area (Å²) >= 11 is 0. The molecule has 4 N–H and O–H groups in total.